The number of rotatable bonds is 10. The third-order valence-electron chi connectivity index (χ3n) is 7.37. The van der Waals surface area contributed by atoms with E-state index in [1.54, 1.807) is 0 Å². The number of carbonyl (C=O) groups is 1. The van der Waals surface area contributed by atoms with Crippen LogP contribution in [0.15, 0.2) is 0 Å². The molecule has 3 aliphatic rings. The van der Waals surface area contributed by atoms with E-state index in [-0.39, 0.29) is 32.0 Å². The first-order valence-corrected chi connectivity index (χ1v) is 12.9. The molecule has 16 N–H and O–H groups in total. The molecule has 38 heavy (non-hydrogen) atoms. The lowest BCUT2D eigenvalue weighted by molar-refractivity contribution is -0.314. The Morgan fingerprint density at radius 1 is 0.947 bits per heavy atom. The van der Waals surface area contributed by atoms with Crippen LogP contribution in [0.1, 0.15) is 25.7 Å². The van der Waals surface area contributed by atoms with Crippen LogP contribution in [-0.4, -0.2) is 137 Å². The number of ether oxygens (including phenoxy) is 4. The van der Waals surface area contributed by atoms with Crippen LogP contribution in [0.3, 0.4) is 0 Å². The Morgan fingerprint density at radius 2 is 1.63 bits per heavy atom. The molecule has 0 radical (unpaired) electrons. The van der Waals surface area contributed by atoms with E-state index >= 15 is 0 Å². The van der Waals surface area contributed by atoms with Crippen LogP contribution in [0.25, 0.3) is 0 Å². The summed E-state index contributed by atoms with van der Waals surface area (Å²) in [4.78, 5) is 12.6. The van der Waals surface area contributed by atoms with Crippen LogP contribution in [0, 0.1) is 0 Å². The molecule has 16 heteroatoms. The molecule has 0 aromatic heterocycles. The van der Waals surface area contributed by atoms with Gasteiger partial charge in [-0.2, -0.15) is 0 Å². The zero-order chi connectivity index (χ0) is 28.1. The van der Waals surface area contributed by atoms with Gasteiger partial charge in [-0.05, 0) is 32.2 Å². The second kappa shape index (κ2) is 14.0. The van der Waals surface area contributed by atoms with E-state index in [0.29, 0.717) is 12.8 Å². The van der Waals surface area contributed by atoms with Gasteiger partial charge in [-0.3, -0.25) is 4.79 Å². The third kappa shape index (κ3) is 7.15. The number of hydrogen-bond donors (Lipinski definition) is 11. The Labute approximate surface area is 220 Å². The average molecular weight is 553 g/mol. The lowest BCUT2D eigenvalue weighted by Gasteiger charge is -2.48. The normalized spacial score (nSPS) is 44.9. The maximum absolute atomic E-state index is 12.6. The molecule has 2 heterocycles. The number of carbonyl (C=O) groups excluding carboxylic acids is 1. The van der Waals surface area contributed by atoms with Gasteiger partial charge < -0.3 is 78.5 Å². The van der Waals surface area contributed by atoms with Crippen molar-refractivity contribution in [3.05, 3.63) is 0 Å². The molecule has 0 bridgehead atoms. The van der Waals surface area contributed by atoms with Gasteiger partial charge in [0.1, 0.15) is 42.7 Å². The molecule has 2 aliphatic heterocycles. The zero-order valence-electron chi connectivity index (χ0n) is 21.2. The molecule has 14 atom stereocenters. The monoisotopic (exact) mass is 552 g/mol. The fourth-order valence-corrected chi connectivity index (χ4v) is 5.02. The number of nitrogens with two attached hydrogens (primary N) is 5. The van der Waals surface area contributed by atoms with E-state index in [1.165, 1.54) is 0 Å². The minimum absolute atomic E-state index is 0.000983. The Bertz CT molecular complexity index is 755. The molecule has 3 rings (SSSR count). The maximum atomic E-state index is 12.6. The highest BCUT2D eigenvalue weighted by molar-refractivity contribution is 5.80. The number of nitrogens with one attached hydrogen (secondary N) is 1. The molecule has 2 saturated heterocycles. The van der Waals surface area contributed by atoms with Crippen molar-refractivity contribution >= 4 is 5.91 Å². The SMILES string of the molecule is NCCC(O)C(=O)NC1CC(N)C(OC2OC(CN)CCC2N)C(O)C1OC1OC(CO)C(O)C(N)C1O. The first kappa shape index (κ1) is 31.4. The molecule has 3 fully saturated rings. The second-order valence-electron chi connectivity index (χ2n) is 10.2. The lowest BCUT2D eigenvalue weighted by atomic mass is 9.83. The highest BCUT2D eigenvalue weighted by atomic mass is 16.7. The summed E-state index contributed by atoms with van der Waals surface area (Å²) in [5.74, 6) is -0.762. The number of aliphatic hydroxyl groups is 5. The average Bonchev–Trinajstić information content (AvgIpc) is 2.89. The summed E-state index contributed by atoms with van der Waals surface area (Å²) in [6.07, 6.45) is -10.8. The first-order chi connectivity index (χ1) is 18.0. The van der Waals surface area contributed by atoms with Gasteiger partial charge in [0.2, 0.25) is 5.91 Å². The smallest absolute Gasteiger partial charge is 0.249 e. The van der Waals surface area contributed by atoms with Crippen LogP contribution < -0.4 is 34.0 Å². The summed E-state index contributed by atoms with van der Waals surface area (Å²) >= 11 is 0. The second-order valence-corrected chi connectivity index (χ2v) is 10.2. The highest BCUT2D eigenvalue weighted by Crippen LogP contribution is 2.31. The van der Waals surface area contributed by atoms with E-state index in [4.69, 9.17) is 47.6 Å². The van der Waals surface area contributed by atoms with Gasteiger partial charge in [0, 0.05) is 12.6 Å². The zero-order valence-corrected chi connectivity index (χ0v) is 21.2. The summed E-state index contributed by atoms with van der Waals surface area (Å²) < 4.78 is 23.3. The molecular weight excluding hydrogens is 508 g/mol. The van der Waals surface area contributed by atoms with Crippen molar-refractivity contribution in [1.82, 2.24) is 5.32 Å². The lowest BCUT2D eigenvalue weighted by Crippen LogP contribution is -2.69. The van der Waals surface area contributed by atoms with Gasteiger partial charge in [-0.15, -0.1) is 0 Å². The predicted molar refractivity (Wildman–Crippen MR) is 131 cm³/mol. The van der Waals surface area contributed by atoms with Crippen LogP contribution in [0.5, 0.6) is 0 Å². The van der Waals surface area contributed by atoms with Gasteiger partial charge in [0.25, 0.3) is 0 Å². The van der Waals surface area contributed by atoms with E-state index < -0.39 is 92.0 Å². The Kier molecular flexibility index (Phi) is 11.6. The van der Waals surface area contributed by atoms with Crippen molar-refractivity contribution in [3.8, 4) is 0 Å². The molecule has 14 unspecified atom stereocenters. The molecular formula is C22H44N6O10. The standard InChI is InChI=1S/C22H44N6O10/c23-4-3-12(30)20(34)28-11-5-10(26)18(37-21-9(25)2-1-8(6-24)35-21)17(33)19(11)38-22-16(32)14(27)15(31)13(7-29)36-22/h8-19,21-22,29-33H,1-7,23-27H2,(H,28,34). The summed E-state index contributed by atoms with van der Waals surface area (Å²) in [7, 11) is 0. The van der Waals surface area contributed by atoms with Crippen molar-refractivity contribution < 1.29 is 49.3 Å². The summed E-state index contributed by atoms with van der Waals surface area (Å²) in [6.45, 7) is -0.296. The number of aliphatic hydroxyl groups excluding tert-OH is 5. The molecule has 0 spiro atoms. The molecule has 0 aromatic carbocycles. The van der Waals surface area contributed by atoms with Gasteiger partial charge in [0.15, 0.2) is 12.6 Å². The predicted octanol–water partition coefficient (Wildman–Crippen LogP) is -6.40. The van der Waals surface area contributed by atoms with E-state index in [1.807, 2.05) is 0 Å². The summed E-state index contributed by atoms with van der Waals surface area (Å²) in [5, 5.41) is 54.4. The number of amides is 1. The molecule has 1 aliphatic carbocycles. The largest absolute Gasteiger partial charge is 0.394 e. The topological polar surface area (TPSA) is 297 Å². The molecule has 16 nitrogen and oxygen atoms in total. The van der Waals surface area contributed by atoms with Gasteiger partial charge >= 0.3 is 0 Å². The molecule has 0 aromatic rings. The quantitative estimate of drug-likeness (QED) is 0.120. The third-order valence-corrected chi connectivity index (χ3v) is 7.37. The highest BCUT2D eigenvalue weighted by Gasteiger charge is 2.51. The molecule has 1 amide bonds. The minimum Gasteiger partial charge on any atom is -0.394 e. The Balaban J connectivity index is 1.82. The number of hydrogen-bond acceptors (Lipinski definition) is 15. The van der Waals surface area contributed by atoms with E-state index in [0.717, 1.165) is 0 Å². The van der Waals surface area contributed by atoms with Crippen molar-refractivity contribution in [2.75, 3.05) is 19.7 Å². The van der Waals surface area contributed by atoms with Crippen LogP contribution in [0.2, 0.25) is 0 Å². The Hall–Kier alpha value is -1.09. The van der Waals surface area contributed by atoms with Gasteiger partial charge in [0.05, 0.1) is 30.8 Å². The van der Waals surface area contributed by atoms with Gasteiger partial charge in [-0.25, -0.2) is 0 Å². The minimum atomic E-state index is -1.55. The van der Waals surface area contributed by atoms with Gasteiger partial charge in [-0.1, -0.05) is 0 Å². The van der Waals surface area contributed by atoms with Crippen LogP contribution in [-0.2, 0) is 23.7 Å². The van der Waals surface area contributed by atoms with Crippen molar-refractivity contribution in [2.24, 2.45) is 28.7 Å². The van der Waals surface area contributed by atoms with Crippen molar-refractivity contribution in [3.63, 3.8) is 0 Å². The van der Waals surface area contributed by atoms with Crippen molar-refractivity contribution in [2.45, 2.75) is 111 Å². The fraction of sp³-hybridized carbons (Fsp3) is 0.955. The fourth-order valence-electron chi connectivity index (χ4n) is 5.02. The maximum Gasteiger partial charge on any atom is 0.249 e. The van der Waals surface area contributed by atoms with E-state index in [2.05, 4.69) is 5.32 Å². The first-order valence-electron chi connectivity index (χ1n) is 12.9. The molecule has 1 saturated carbocycles. The van der Waals surface area contributed by atoms with E-state index in [9.17, 15) is 30.3 Å². The van der Waals surface area contributed by atoms with Crippen LogP contribution in [0.4, 0.5) is 0 Å². The van der Waals surface area contributed by atoms with Crippen LogP contribution >= 0.6 is 0 Å². The molecule has 222 valence electrons. The summed E-state index contributed by atoms with van der Waals surface area (Å²) in [6, 6.07) is -3.54. The Morgan fingerprint density at radius 3 is 2.26 bits per heavy atom. The summed E-state index contributed by atoms with van der Waals surface area (Å²) in [5.41, 5.74) is 29.6. The van der Waals surface area contributed by atoms with Crippen molar-refractivity contribution in [1.29, 1.82) is 0 Å².